The van der Waals surface area contributed by atoms with Crippen LogP contribution in [-0.2, 0) is 4.79 Å². The van der Waals surface area contributed by atoms with E-state index < -0.39 is 5.97 Å². The molecule has 3 nitrogen and oxygen atoms in total. The molecule has 1 heterocycles. The standard InChI is InChI=1S/C14H21NO2S/c1-9-6-7-18-13(9)10(2)15-12-5-3-4-11(8-12)14(16)17/h6-7,10-12,15H,3-5,8H2,1-2H3,(H,16,17). The highest BCUT2D eigenvalue weighted by molar-refractivity contribution is 7.10. The largest absolute Gasteiger partial charge is 0.481 e. The van der Waals surface area contributed by atoms with E-state index in [4.69, 9.17) is 5.11 Å². The fourth-order valence-electron chi connectivity index (χ4n) is 2.82. The topological polar surface area (TPSA) is 49.3 Å². The van der Waals surface area contributed by atoms with Crippen LogP contribution in [0.3, 0.4) is 0 Å². The molecule has 0 aliphatic heterocycles. The van der Waals surface area contributed by atoms with Crippen LogP contribution in [0.1, 0.15) is 49.1 Å². The van der Waals surface area contributed by atoms with E-state index >= 15 is 0 Å². The van der Waals surface area contributed by atoms with Gasteiger partial charge < -0.3 is 10.4 Å². The van der Waals surface area contributed by atoms with Crippen molar-refractivity contribution in [3.63, 3.8) is 0 Å². The smallest absolute Gasteiger partial charge is 0.306 e. The molecule has 1 saturated carbocycles. The Morgan fingerprint density at radius 2 is 2.33 bits per heavy atom. The van der Waals surface area contributed by atoms with E-state index in [0.717, 1.165) is 25.7 Å². The van der Waals surface area contributed by atoms with Gasteiger partial charge in [0.1, 0.15) is 0 Å². The number of rotatable bonds is 4. The summed E-state index contributed by atoms with van der Waals surface area (Å²) < 4.78 is 0. The van der Waals surface area contributed by atoms with Gasteiger partial charge in [0.2, 0.25) is 0 Å². The molecule has 0 radical (unpaired) electrons. The SMILES string of the molecule is Cc1ccsc1C(C)NC1CCCC(C(=O)O)C1. The second kappa shape index (κ2) is 5.85. The molecule has 18 heavy (non-hydrogen) atoms. The Kier molecular flexibility index (Phi) is 4.40. The van der Waals surface area contributed by atoms with Crippen LogP contribution in [0.2, 0.25) is 0 Å². The highest BCUT2D eigenvalue weighted by atomic mass is 32.1. The Morgan fingerprint density at radius 1 is 1.56 bits per heavy atom. The molecule has 0 saturated heterocycles. The molecule has 100 valence electrons. The van der Waals surface area contributed by atoms with E-state index in [9.17, 15) is 4.79 Å². The van der Waals surface area contributed by atoms with E-state index in [1.165, 1.54) is 10.4 Å². The molecule has 0 spiro atoms. The van der Waals surface area contributed by atoms with Crippen LogP contribution in [0.25, 0.3) is 0 Å². The molecule has 3 atom stereocenters. The molecule has 4 heteroatoms. The van der Waals surface area contributed by atoms with Crippen molar-refractivity contribution in [1.82, 2.24) is 5.32 Å². The molecule has 2 rings (SSSR count). The average Bonchev–Trinajstić information content (AvgIpc) is 2.76. The van der Waals surface area contributed by atoms with E-state index in [-0.39, 0.29) is 5.92 Å². The number of nitrogens with one attached hydrogen (secondary N) is 1. The third-order valence-corrected chi connectivity index (χ3v) is 5.01. The van der Waals surface area contributed by atoms with Gasteiger partial charge in [0.25, 0.3) is 0 Å². The summed E-state index contributed by atoms with van der Waals surface area (Å²) in [5.74, 6) is -0.797. The van der Waals surface area contributed by atoms with Crippen LogP contribution in [0.15, 0.2) is 11.4 Å². The van der Waals surface area contributed by atoms with Crippen molar-refractivity contribution in [3.05, 3.63) is 21.9 Å². The van der Waals surface area contributed by atoms with E-state index in [2.05, 4.69) is 30.6 Å². The fourth-order valence-corrected chi connectivity index (χ4v) is 3.77. The van der Waals surface area contributed by atoms with Crippen molar-refractivity contribution in [1.29, 1.82) is 0 Å². The second-order valence-electron chi connectivity index (χ2n) is 5.25. The van der Waals surface area contributed by atoms with Gasteiger partial charge in [-0.25, -0.2) is 0 Å². The Labute approximate surface area is 112 Å². The zero-order valence-electron chi connectivity index (χ0n) is 11.0. The van der Waals surface area contributed by atoms with Crippen molar-refractivity contribution in [2.24, 2.45) is 5.92 Å². The van der Waals surface area contributed by atoms with Crippen LogP contribution < -0.4 is 5.32 Å². The van der Waals surface area contributed by atoms with Gasteiger partial charge in [0.05, 0.1) is 5.92 Å². The number of hydrogen-bond acceptors (Lipinski definition) is 3. The zero-order chi connectivity index (χ0) is 13.1. The second-order valence-corrected chi connectivity index (χ2v) is 6.20. The van der Waals surface area contributed by atoms with Gasteiger partial charge in [0, 0.05) is 17.0 Å². The first-order chi connectivity index (χ1) is 8.58. The maximum absolute atomic E-state index is 11.0. The first-order valence-electron chi connectivity index (χ1n) is 6.60. The molecule has 1 aromatic heterocycles. The molecule has 1 aliphatic rings. The lowest BCUT2D eigenvalue weighted by Crippen LogP contribution is -2.37. The number of carboxylic acid groups (broad SMARTS) is 1. The first-order valence-corrected chi connectivity index (χ1v) is 7.48. The third kappa shape index (κ3) is 3.12. The molecule has 0 aromatic carbocycles. The molecule has 3 unspecified atom stereocenters. The van der Waals surface area contributed by atoms with E-state index in [0.29, 0.717) is 12.1 Å². The van der Waals surface area contributed by atoms with E-state index in [1.807, 2.05) is 0 Å². The molecular formula is C14H21NO2S. The molecule has 2 N–H and O–H groups in total. The number of thiophene rings is 1. The first kappa shape index (κ1) is 13.6. The number of hydrogen-bond donors (Lipinski definition) is 2. The Morgan fingerprint density at radius 3 is 2.94 bits per heavy atom. The van der Waals surface area contributed by atoms with Crippen LogP contribution in [-0.4, -0.2) is 17.1 Å². The maximum atomic E-state index is 11.0. The summed E-state index contributed by atoms with van der Waals surface area (Å²) >= 11 is 1.77. The summed E-state index contributed by atoms with van der Waals surface area (Å²) in [5, 5.41) is 14.8. The molecule has 0 bridgehead atoms. The monoisotopic (exact) mass is 267 g/mol. The number of aryl methyl sites for hydroxylation is 1. The zero-order valence-corrected chi connectivity index (χ0v) is 11.8. The Bertz CT molecular complexity index is 416. The normalized spacial score (nSPS) is 25.9. The quantitative estimate of drug-likeness (QED) is 0.879. The van der Waals surface area contributed by atoms with Gasteiger partial charge in [-0.15, -0.1) is 11.3 Å². The number of aliphatic carboxylic acids is 1. The predicted octanol–water partition coefficient (Wildman–Crippen LogP) is 3.35. The lowest BCUT2D eigenvalue weighted by atomic mass is 9.85. The summed E-state index contributed by atoms with van der Waals surface area (Å²) in [4.78, 5) is 12.4. The van der Waals surface area contributed by atoms with Gasteiger partial charge in [-0.05, 0) is 50.1 Å². The molecular weight excluding hydrogens is 246 g/mol. The van der Waals surface area contributed by atoms with Gasteiger partial charge in [-0.2, -0.15) is 0 Å². The summed E-state index contributed by atoms with van der Waals surface area (Å²) in [5.41, 5.74) is 1.32. The Balaban J connectivity index is 1.93. The fraction of sp³-hybridized carbons (Fsp3) is 0.643. The molecule has 1 fully saturated rings. The van der Waals surface area contributed by atoms with Crippen molar-refractivity contribution in [2.75, 3.05) is 0 Å². The average molecular weight is 267 g/mol. The highest BCUT2D eigenvalue weighted by Crippen LogP contribution is 2.29. The van der Waals surface area contributed by atoms with Crippen molar-refractivity contribution in [3.8, 4) is 0 Å². The minimum atomic E-state index is -0.638. The van der Waals surface area contributed by atoms with Crippen molar-refractivity contribution in [2.45, 2.75) is 51.6 Å². The minimum Gasteiger partial charge on any atom is -0.481 e. The highest BCUT2D eigenvalue weighted by Gasteiger charge is 2.27. The molecule has 1 aliphatic carbocycles. The summed E-state index contributed by atoms with van der Waals surface area (Å²) in [6.45, 7) is 4.30. The predicted molar refractivity (Wildman–Crippen MR) is 74.0 cm³/mol. The van der Waals surface area contributed by atoms with Crippen LogP contribution in [0.4, 0.5) is 0 Å². The van der Waals surface area contributed by atoms with Gasteiger partial charge >= 0.3 is 5.97 Å². The summed E-state index contributed by atoms with van der Waals surface area (Å²) in [6.07, 6.45) is 3.72. The van der Waals surface area contributed by atoms with Crippen LogP contribution in [0, 0.1) is 12.8 Å². The number of carbonyl (C=O) groups is 1. The summed E-state index contributed by atoms with van der Waals surface area (Å²) in [7, 11) is 0. The van der Waals surface area contributed by atoms with Gasteiger partial charge in [-0.1, -0.05) is 6.42 Å². The lowest BCUT2D eigenvalue weighted by Gasteiger charge is -2.30. The lowest BCUT2D eigenvalue weighted by molar-refractivity contribution is -0.143. The van der Waals surface area contributed by atoms with Gasteiger partial charge in [-0.3, -0.25) is 4.79 Å². The maximum Gasteiger partial charge on any atom is 0.306 e. The third-order valence-electron chi connectivity index (χ3n) is 3.80. The van der Waals surface area contributed by atoms with Crippen molar-refractivity contribution < 1.29 is 9.90 Å². The number of carboxylic acids is 1. The van der Waals surface area contributed by atoms with Crippen molar-refractivity contribution >= 4 is 17.3 Å². The molecule has 1 aromatic rings. The van der Waals surface area contributed by atoms with E-state index in [1.54, 1.807) is 11.3 Å². The minimum absolute atomic E-state index is 0.159. The summed E-state index contributed by atoms with van der Waals surface area (Å²) in [6, 6.07) is 2.80. The molecule has 0 amide bonds. The van der Waals surface area contributed by atoms with Crippen LogP contribution >= 0.6 is 11.3 Å². The van der Waals surface area contributed by atoms with Gasteiger partial charge in [0.15, 0.2) is 0 Å². The Hall–Kier alpha value is -0.870. The van der Waals surface area contributed by atoms with Crippen LogP contribution in [0.5, 0.6) is 0 Å².